The van der Waals surface area contributed by atoms with Crippen LogP contribution in [0.4, 0.5) is 0 Å². The molecule has 3 heterocycles. The summed E-state index contributed by atoms with van der Waals surface area (Å²) >= 11 is 0. The number of ether oxygens (including phenoxy) is 15. The third kappa shape index (κ3) is 41.1. The number of rotatable bonds is 62. The minimum absolute atomic E-state index is 0.00713. The number of unbranched alkanes of at least 4 members (excludes halogenated alkanes) is 6. The van der Waals surface area contributed by atoms with Crippen LogP contribution in [0.15, 0.2) is 0 Å². The molecule has 0 radical (unpaired) electrons. The zero-order chi connectivity index (χ0) is 78.6. The van der Waals surface area contributed by atoms with E-state index in [1.165, 1.54) is 20.8 Å². The molecule has 17 N–H and O–H groups in total. The van der Waals surface area contributed by atoms with E-state index in [1.54, 1.807) is 0 Å². The van der Waals surface area contributed by atoms with Crippen LogP contribution in [0.25, 0.3) is 0 Å². The van der Waals surface area contributed by atoms with E-state index in [1.807, 2.05) is 0 Å². The maximum atomic E-state index is 14.2. The maximum Gasteiger partial charge on any atom is 0.246 e. The number of hydrogen-bond acceptors (Lipinski definition) is 32. The number of amides is 8. The largest absolute Gasteiger partial charge is 0.394 e. The molecule has 3 aliphatic heterocycles. The number of carbonyl (C=O) groups excluding carboxylic acids is 8. The van der Waals surface area contributed by atoms with Gasteiger partial charge in [-0.2, -0.15) is 0 Å². The van der Waals surface area contributed by atoms with E-state index in [0.29, 0.717) is 32.2 Å². The highest BCUT2D eigenvalue weighted by molar-refractivity contribution is 5.92. The Morgan fingerprint density at radius 1 is 0.336 bits per heavy atom. The zero-order valence-corrected chi connectivity index (χ0v) is 62.1. The Kier molecular flexibility index (Phi) is 52.6. The van der Waals surface area contributed by atoms with Gasteiger partial charge in [0, 0.05) is 40.4 Å². The van der Waals surface area contributed by atoms with Crippen LogP contribution >= 0.6 is 0 Å². The molecule has 0 bridgehead atoms. The summed E-state index contributed by atoms with van der Waals surface area (Å²) < 4.78 is 82.9. The fourth-order valence-electron chi connectivity index (χ4n) is 10.9. The molecule has 0 aromatic carbocycles. The van der Waals surface area contributed by atoms with Crippen molar-refractivity contribution in [3.05, 3.63) is 0 Å². The van der Waals surface area contributed by atoms with Crippen LogP contribution in [0.3, 0.4) is 0 Å². The van der Waals surface area contributed by atoms with Gasteiger partial charge in [0.15, 0.2) is 18.9 Å². The van der Waals surface area contributed by atoms with Gasteiger partial charge in [-0.1, -0.05) is 32.6 Å². The number of aliphatic hydroxyl groups excluding tert-OH is 9. The van der Waals surface area contributed by atoms with Crippen molar-refractivity contribution < 1.29 is 155 Å². The average molecular weight is 1550 g/mol. The Morgan fingerprint density at radius 2 is 0.626 bits per heavy atom. The van der Waals surface area contributed by atoms with Gasteiger partial charge in [0.1, 0.15) is 105 Å². The van der Waals surface area contributed by atoms with Gasteiger partial charge in [-0.25, -0.2) is 0 Å². The van der Waals surface area contributed by atoms with Crippen molar-refractivity contribution in [1.82, 2.24) is 42.5 Å². The second-order valence-electron chi connectivity index (χ2n) is 25.3. The first kappa shape index (κ1) is 96.0. The second-order valence-corrected chi connectivity index (χ2v) is 25.3. The number of hydrogen-bond donors (Lipinski definition) is 17. The van der Waals surface area contributed by atoms with Crippen molar-refractivity contribution in [3.8, 4) is 0 Å². The highest BCUT2D eigenvalue weighted by Gasteiger charge is 2.48. The molecule has 107 heavy (non-hydrogen) atoms. The van der Waals surface area contributed by atoms with Crippen molar-refractivity contribution in [2.75, 3.05) is 178 Å². The van der Waals surface area contributed by atoms with Gasteiger partial charge < -0.3 is 160 Å². The summed E-state index contributed by atoms with van der Waals surface area (Å²) in [6, 6.07) is -5.42. The van der Waals surface area contributed by atoms with Gasteiger partial charge >= 0.3 is 0 Å². The third-order valence-electron chi connectivity index (χ3n) is 16.6. The van der Waals surface area contributed by atoms with Crippen molar-refractivity contribution >= 4 is 47.3 Å². The highest BCUT2D eigenvalue weighted by atomic mass is 16.7. The topological polar surface area (TPSA) is 553 Å². The summed E-state index contributed by atoms with van der Waals surface area (Å²) in [7, 11) is 0. The van der Waals surface area contributed by atoms with E-state index in [-0.39, 0.29) is 164 Å². The quantitative estimate of drug-likeness (QED) is 0.0252. The third-order valence-corrected chi connectivity index (χ3v) is 16.6. The van der Waals surface area contributed by atoms with Crippen LogP contribution in [0.5, 0.6) is 0 Å². The summed E-state index contributed by atoms with van der Waals surface area (Å²) in [5, 5.41) is 112. The standard InChI is InChI=1S/C67H122N8O32/c1-5-6-7-8-11-18-70-63(91)46(14-9-12-16-68-51(82)40-99-28-25-93-19-22-96-31-34-102-65-54(71-43(2)79)60(88)57(85)48(37-76)105-65)75-64(92)47(74-53(84)42-101-30-27-95-21-24-98-33-36-104-67-56(73-45(4)81)62(90)59(87)50(39-78)107-67)15-10-13-17-69-52(83)41-100-29-26-94-20-23-97-32-35-103-66-55(72-44(3)80)61(89)58(86)49(38-77)106-66/h46-50,54-62,65-67,76-78,85-90H,5-42H2,1-4H3,(H,68,82)(H,69,83)(H,70,91)(H,71,79)(H,72,80)(H,73,81)(H,74,84)(H,75,92)/t46-,47+,48-,49-,50?,54-,55-,56-,57+,58+,59+,60-,61-,62-,65-,66-,67-/m1/s1. The highest BCUT2D eigenvalue weighted by Crippen LogP contribution is 2.25. The fourth-order valence-corrected chi connectivity index (χ4v) is 10.9. The SMILES string of the molecule is CCCCCCCNC(=O)[C@@H](CCCCNC(=O)COCCOCCOCCO[C@@H]1O[C@H](CO)[C@H](O)[C@H](O)[C@H]1NC(C)=O)NC(=O)[C@H](CCCCNC(=O)COCCOCCOCCO[C@@H]1O[C@H](CO)[C@H](O)[C@H](O)[C@H]1NC(C)=O)NC(=O)COCCOCCOCCO[C@@H]1OC(CO)[C@H](O)[C@H](O)[C@H]1NC(C)=O. The van der Waals surface area contributed by atoms with Crippen molar-refractivity contribution in [3.63, 3.8) is 0 Å². The molecule has 1 unspecified atom stereocenters. The summed E-state index contributed by atoms with van der Waals surface area (Å²) in [6.45, 7) is 5.50. The summed E-state index contributed by atoms with van der Waals surface area (Å²) in [6.07, 6.45) is -9.02. The van der Waals surface area contributed by atoms with Crippen molar-refractivity contribution in [2.24, 2.45) is 0 Å². The van der Waals surface area contributed by atoms with Gasteiger partial charge in [-0.3, -0.25) is 38.4 Å². The van der Waals surface area contributed by atoms with Gasteiger partial charge in [0.05, 0.1) is 139 Å². The molecule has 40 heteroatoms. The van der Waals surface area contributed by atoms with E-state index >= 15 is 0 Å². The predicted octanol–water partition coefficient (Wildman–Crippen LogP) is -7.35. The normalized spacial score (nSPS) is 24.9. The van der Waals surface area contributed by atoms with E-state index in [2.05, 4.69) is 49.5 Å². The van der Waals surface area contributed by atoms with Gasteiger partial charge in [0.2, 0.25) is 47.3 Å². The van der Waals surface area contributed by atoms with Crippen molar-refractivity contribution in [1.29, 1.82) is 0 Å². The van der Waals surface area contributed by atoms with Crippen LogP contribution in [0.2, 0.25) is 0 Å². The summed E-state index contributed by atoms with van der Waals surface area (Å²) in [4.78, 5) is 102. The van der Waals surface area contributed by atoms with E-state index in [4.69, 9.17) is 71.1 Å². The molecule has 0 aliphatic carbocycles. The Labute approximate surface area is 623 Å². The second kappa shape index (κ2) is 58.7. The van der Waals surface area contributed by atoms with Gasteiger partial charge in [0.25, 0.3) is 0 Å². The Balaban J connectivity index is 1.44. The number of carbonyl (C=O) groups is 8. The van der Waals surface area contributed by atoms with E-state index in [0.717, 1.165) is 32.1 Å². The Bertz CT molecular complexity index is 2440. The molecule has 40 nitrogen and oxygen atoms in total. The van der Waals surface area contributed by atoms with Gasteiger partial charge in [-0.15, -0.1) is 0 Å². The summed E-state index contributed by atoms with van der Waals surface area (Å²) in [5.41, 5.74) is 0. The molecule has 0 aromatic heterocycles. The van der Waals surface area contributed by atoms with Crippen molar-refractivity contribution in [2.45, 2.75) is 202 Å². The minimum atomic E-state index is -1.47. The van der Waals surface area contributed by atoms with Crippen LogP contribution in [-0.2, 0) is 109 Å². The molecule has 622 valence electrons. The molecule has 17 atom stereocenters. The first-order valence-electron chi connectivity index (χ1n) is 36.7. The number of aliphatic hydroxyl groups is 9. The molecular weight excluding hydrogens is 1430 g/mol. The minimum Gasteiger partial charge on any atom is -0.394 e. The first-order chi connectivity index (χ1) is 51.6. The molecule has 3 saturated heterocycles. The number of nitrogens with one attached hydrogen (secondary N) is 8. The van der Waals surface area contributed by atoms with Crippen LogP contribution in [0, 0.1) is 0 Å². The lowest BCUT2D eigenvalue weighted by atomic mass is 9.97. The van der Waals surface area contributed by atoms with Crippen LogP contribution in [0.1, 0.15) is 98.3 Å². The molecule has 3 aliphatic rings. The lowest BCUT2D eigenvalue weighted by Crippen LogP contribution is -2.64. The smallest absolute Gasteiger partial charge is 0.246 e. The summed E-state index contributed by atoms with van der Waals surface area (Å²) in [5.74, 6) is -3.96. The monoisotopic (exact) mass is 1550 g/mol. The average Bonchev–Trinajstić information content (AvgIpc) is 0.807. The van der Waals surface area contributed by atoms with Gasteiger partial charge in [-0.05, 0) is 44.9 Å². The molecule has 0 saturated carbocycles. The Morgan fingerprint density at radius 3 is 0.953 bits per heavy atom. The molecular formula is C67H122N8O32. The molecule has 0 spiro atoms. The van der Waals surface area contributed by atoms with E-state index in [9.17, 15) is 84.3 Å². The Hall–Kier alpha value is -5.20. The molecule has 8 amide bonds. The molecule has 3 rings (SSSR count). The molecule has 0 aromatic rings. The van der Waals surface area contributed by atoms with Crippen LogP contribution in [-0.4, -0.2) is 375 Å². The zero-order valence-electron chi connectivity index (χ0n) is 62.1. The van der Waals surface area contributed by atoms with E-state index < -0.39 is 172 Å². The maximum absolute atomic E-state index is 14.2. The first-order valence-corrected chi connectivity index (χ1v) is 36.7. The lowest BCUT2D eigenvalue weighted by molar-refractivity contribution is -0.272. The fraction of sp³-hybridized carbons (Fsp3) is 0.881. The molecule has 3 fully saturated rings. The predicted molar refractivity (Wildman–Crippen MR) is 371 cm³/mol. The lowest BCUT2D eigenvalue weighted by Gasteiger charge is -2.42. The van der Waals surface area contributed by atoms with Crippen LogP contribution < -0.4 is 42.5 Å².